The van der Waals surface area contributed by atoms with E-state index in [4.69, 9.17) is 9.47 Å². The van der Waals surface area contributed by atoms with Crippen molar-refractivity contribution < 1.29 is 9.47 Å². The quantitative estimate of drug-likeness (QED) is 0.137. The van der Waals surface area contributed by atoms with Crippen molar-refractivity contribution in [3.8, 4) is 45.3 Å². The van der Waals surface area contributed by atoms with Crippen molar-refractivity contribution >= 4 is 34.1 Å². The topological polar surface area (TPSA) is 24.9 Å². The smallest absolute Gasteiger partial charge is 0.131 e. The molecule has 2 aliphatic rings. The molecule has 0 aromatic heterocycles. The van der Waals surface area contributed by atoms with Crippen molar-refractivity contribution in [3.63, 3.8) is 0 Å². The molecule has 0 aliphatic heterocycles. The number of anilines is 6. The zero-order valence-electron chi connectivity index (χ0n) is 37.4. The Labute approximate surface area is 382 Å². The molecule has 0 spiro atoms. The largest absolute Gasteiger partial charge is 0.457 e. The molecule has 9 aromatic rings. The van der Waals surface area contributed by atoms with E-state index in [1.54, 1.807) is 0 Å². The Morgan fingerprint density at radius 3 is 1.00 bits per heavy atom. The molecule has 0 heterocycles. The molecule has 0 unspecified atom stereocenters. The van der Waals surface area contributed by atoms with Gasteiger partial charge in [-0.15, -0.1) is 0 Å². The average molecular weight is 843 g/mol. The van der Waals surface area contributed by atoms with Crippen LogP contribution in [0.4, 0.5) is 34.1 Å². The van der Waals surface area contributed by atoms with Gasteiger partial charge in [0.2, 0.25) is 0 Å². The van der Waals surface area contributed by atoms with Gasteiger partial charge < -0.3 is 19.3 Å². The van der Waals surface area contributed by atoms with Crippen LogP contribution in [0.1, 0.15) is 55.5 Å². The van der Waals surface area contributed by atoms with Gasteiger partial charge in [-0.05, 0) is 166 Å². The number of benzene rings is 9. The molecule has 0 bridgehead atoms. The summed E-state index contributed by atoms with van der Waals surface area (Å²) >= 11 is 0. The molecule has 0 amide bonds. The normalized spacial score (nSPS) is 13.6. The van der Waals surface area contributed by atoms with Crippen LogP contribution < -0.4 is 19.3 Å². The van der Waals surface area contributed by atoms with E-state index in [1.807, 2.05) is 6.07 Å². The summed E-state index contributed by atoms with van der Waals surface area (Å²) in [6.45, 7) is 11.4. The van der Waals surface area contributed by atoms with Crippen molar-refractivity contribution in [3.05, 3.63) is 240 Å². The monoisotopic (exact) mass is 842 g/mol. The van der Waals surface area contributed by atoms with Crippen LogP contribution in [0, 0.1) is 6.92 Å². The number of hydrogen-bond donors (Lipinski definition) is 0. The Bertz CT molecular complexity index is 2920. The summed E-state index contributed by atoms with van der Waals surface area (Å²) in [5.74, 6) is 3.04. The van der Waals surface area contributed by atoms with Crippen LogP contribution in [0.5, 0.6) is 23.0 Å². The Hall–Kier alpha value is -7.82. The molecular weight excluding hydrogens is 793 g/mol. The highest BCUT2D eigenvalue weighted by Gasteiger charge is 2.38. The Balaban J connectivity index is 0.868. The van der Waals surface area contributed by atoms with Crippen LogP contribution >= 0.6 is 0 Å². The fraction of sp³-hybridized carbons (Fsp3) is 0.115. The minimum absolute atomic E-state index is 0.193. The zero-order valence-corrected chi connectivity index (χ0v) is 37.4. The molecule has 0 atom stereocenters. The van der Waals surface area contributed by atoms with Gasteiger partial charge in [0.25, 0.3) is 0 Å². The van der Waals surface area contributed by atoms with Gasteiger partial charge in [0.15, 0.2) is 0 Å². The molecule has 0 fully saturated rings. The molecule has 316 valence electrons. The molecule has 65 heavy (non-hydrogen) atoms. The molecule has 0 saturated carbocycles. The highest BCUT2D eigenvalue weighted by Crippen LogP contribution is 2.54. The fourth-order valence-corrected chi connectivity index (χ4v) is 10.2. The van der Waals surface area contributed by atoms with Gasteiger partial charge in [-0.25, -0.2) is 0 Å². The highest BCUT2D eigenvalue weighted by atomic mass is 16.5. The van der Waals surface area contributed by atoms with E-state index in [9.17, 15) is 0 Å². The van der Waals surface area contributed by atoms with Crippen LogP contribution in [0.25, 0.3) is 22.3 Å². The third-order valence-electron chi connectivity index (χ3n) is 13.3. The number of aryl methyl sites for hydroxylation is 1. The molecule has 2 aliphatic carbocycles. The zero-order chi connectivity index (χ0) is 44.3. The third-order valence-corrected chi connectivity index (χ3v) is 13.3. The fourth-order valence-electron chi connectivity index (χ4n) is 10.2. The molecule has 0 radical (unpaired) electrons. The van der Waals surface area contributed by atoms with Gasteiger partial charge in [0.05, 0.1) is 0 Å². The predicted molar refractivity (Wildman–Crippen MR) is 269 cm³/mol. The summed E-state index contributed by atoms with van der Waals surface area (Å²) in [5, 5.41) is 0. The molecule has 9 aromatic carbocycles. The summed E-state index contributed by atoms with van der Waals surface area (Å²) < 4.78 is 13.3. The lowest BCUT2D eigenvalue weighted by Crippen LogP contribution is -2.16. The maximum absolute atomic E-state index is 6.67. The van der Waals surface area contributed by atoms with E-state index in [2.05, 4.69) is 251 Å². The SMILES string of the molecule is Cc1cc(Oc2ccc3c(c2)-c2ccc(N(c4ccccc4)c4ccccc4)cc2C3(C)C)cc(Oc2ccc3c(c2)-c2ccc(N(c4ccccc4)c4ccccc4)cc2C3(C)C)c1. The summed E-state index contributed by atoms with van der Waals surface area (Å²) in [6, 6.07) is 75.3. The molecule has 11 rings (SSSR count). The van der Waals surface area contributed by atoms with Crippen LogP contribution in [-0.2, 0) is 10.8 Å². The number of rotatable bonds is 10. The number of hydrogen-bond acceptors (Lipinski definition) is 4. The number of fused-ring (bicyclic) bond motifs is 6. The van der Waals surface area contributed by atoms with E-state index < -0.39 is 0 Å². The van der Waals surface area contributed by atoms with Gasteiger partial charge in [0.1, 0.15) is 23.0 Å². The van der Waals surface area contributed by atoms with Crippen LogP contribution in [0.15, 0.2) is 212 Å². The van der Waals surface area contributed by atoms with Crippen molar-refractivity contribution in [2.75, 3.05) is 9.80 Å². The minimum Gasteiger partial charge on any atom is -0.457 e. The van der Waals surface area contributed by atoms with E-state index >= 15 is 0 Å². The second-order valence-corrected chi connectivity index (χ2v) is 18.3. The summed E-state index contributed by atoms with van der Waals surface area (Å²) in [5.41, 5.74) is 17.5. The first kappa shape index (κ1) is 40.0. The third kappa shape index (κ3) is 7.12. The summed E-state index contributed by atoms with van der Waals surface area (Å²) in [6.07, 6.45) is 0. The maximum atomic E-state index is 6.67. The van der Waals surface area contributed by atoms with E-state index in [0.717, 1.165) is 62.7 Å². The van der Waals surface area contributed by atoms with Crippen molar-refractivity contribution in [2.45, 2.75) is 45.4 Å². The first-order valence-electron chi connectivity index (χ1n) is 22.5. The second-order valence-electron chi connectivity index (χ2n) is 18.3. The maximum Gasteiger partial charge on any atom is 0.131 e. The lowest BCUT2D eigenvalue weighted by molar-refractivity contribution is 0.459. The molecule has 4 heteroatoms. The Morgan fingerprint density at radius 2 is 0.646 bits per heavy atom. The van der Waals surface area contributed by atoms with Gasteiger partial charge in [0, 0.05) is 51.0 Å². The number of para-hydroxylation sites is 4. The second kappa shape index (κ2) is 15.8. The van der Waals surface area contributed by atoms with Gasteiger partial charge in [-0.3, -0.25) is 0 Å². The average Bonchev–Trinajstić information content (AvgIpc) is 3.68. The molecule has 4 nitrogen and oxygen atoms in total. The highest BCUT2D eigenvalue weighted by molar-refractivity contribution is 5.88. The number of ether oxygens (including phenoxy) is 2. The van der Waals surface area contributed by atoms with E-state index in [1.165, 1.54) is 44.5 Å². The van der Waals surface area contributed by atoms with Gasteiger partial charge in [-0.2, -0.15) is 0 Å². The van der Waals surface area contributed by atoms with Gasteiger partial charge in [-0.1, -0.05) is 125 Å². The number of nitrogens with zero attached hydrogens (tertiary/aromatic N) is 2. The lowest BCUT2D eigenvalue weighted by atomic mass is 9.82. The summed E-state index contributed by atoms with van der Waals surface area (Å²) in [4.78, 5) is 4.66. The van der Waals surface area contributed by atoms with Gasteiger partial charge >= 0.3 is 0 Å². The minimum atomic E-state index is -0.193. The van der Waals surface area contributed by atoms with Crippen LogP contribution in [-0.4, -0.2) is 0 Å². The van der Waals surface area contributed by atoms with Crippen LogP contribution in [0.2, 0.25) is 0 Å². The Morgan fingerprint density at radius 1 is 0.292 bits per heavy atom. The molecular formula is C61H50N2O2. The van der Waals surface area contributed by atoms with Crippen molar-refractivity contribution in [2.24, 2.45) is 0 Å². The Kier molecular flexibility index (Phi) is 9.70. The van der Waals surface area contributed by atoms with Crippen molar-refractivity contribution in [1.29, 1.82) is 0 Å². The summed E-state index contributed by atoms with van der Waals surface area (Å²) in [7, 11) is 0. The predicted octanol–water partition coefficient (Wildman–Crippen LogP) is 17.1. The molecule has 0 N–H and O–H groups in total. The molecule has 0 saturated heterocycles. The first-order chi connectivity index (χ1) is 31.6. The van der Waals surface area contributed by atoms with Crippen LogP contribution in [0.3, 0.4) is 0 Å². The van der Waals surface area contributed by atoms with Crippen molar-refractivity contribution in [1.82, 2.24) is 0 Å². The van der Waals surface area contributed by atoms with E-state index in [-0.39, 0.29) is 10.8 Å². The first-order valence-corrected chi connectivity index (χ1v) is 22.5. The standard InChI is InChI=1S/C61H50N2O2/c1-41-34-50(64-48-28-32-56-54(39-48)52-30-26-46(36-58(52)60(56,2)3)62(42-18-10-6-11-19-42)43-20-12-7-13-21-43)38-51(35-41)65-49-29-33-57-55(40-49)53-31-27-47(37-59(53)61(57,4)5)63(44-22-14-8-15-23-44)45-24-16-9-17-25-45/h6-40H,1-5H3. The lowest BCUT2D eigenvalue weighted by Gasteiger charge is -2.28. The van der Waals surface area contributed by atoms with E-state index in [0.29, 0.717) is 0 Å².